The molecule has 1 aromatic rings. The second kappa shape index (κ2) is 7.00. The summed E-state index contributed by atoms with van der Waals surface area (Å²) in [7, 11) is 0. The molecule has 100 valence electrons. The molecule has 1 aromatic carbocycles. The summed E-state index contributed by atoms with van der Waals surface area (Å²) in [4.78, 5) is 11.7. The zero-order valence-electron chi connectivity index (χ0n) is 10.5. The van der Waals surface area contributed by atoms with E-state index < -0.39 is 0 Å². The second-order valence-electron chi connectivity index (χ2n) is 4.34. The minimum Gasteiger partial charge on any atom is -0.484 e. The molecule has 1 N–H and O–H groups in total. The summed E-state index contributed by atoms with van der Waals surface area (Å²) in [5, 5.41) is 4.23. The third-order valence-corrected chi connectivity index (χ3v) is 4.16. The van der Waals surface area contributed by atoms with E-state index in [1.807, 2.05) is 13.8 Å². The molecule has 5 heteroatoms. The number of alkyl halides is 1. The van der Waals surface area contributed by atoms with Gasteiger partial charge in [0.25, 0.3) is 5.91 Å². The Bertz CT molecular complexity index is 408. The Morgan fingerprint density at radius 2 is 2.28 bits per heavy atom. The Labute approximate surface area is 121 Å². The zero-order chi connectivity index (χ0) is 13.6. The molecule has 0 aromatic heterocycles. The maximum Gasteiger partial charge on any atom is 0.258 e. The van der Waals surface area contributed by atoms with Crippen molar-refractivity contribution in [3.05, 3.63) is 29.3 Å². The van der Waals surface area contributed by atoms with Crippen LogP contribution >= 0.6 is 27.5 Å². The molecule has 1 atom stereocenters. The molecule has 0 saturated carbocycles. The van der Waals surface area contributed by atoms with Gasteiger partial charge < -0.3 is 10.1 Å². The van der Waals surface area contributed by atoms with Crippen molar-refractivity contribution < 1.29 is 9.53 Å². The molecule has 0 aliphatic heterocycles. The quantitative estimate of drug-likeness (QED) is 0.810. The minimum atomic E-state index is -0.241. The van der Waals surface area contributed by atoms with Gasteiger partial charge in [0.05, 0.1) is 0 Å². The maximum absolute atomic E-state index is 11.7. The number of rotatable bonds is 6. The topological polar surface area (TPSA) is 38.3 Å². The van der Waals surface area contributed by atoms with Gasteiger partial charge in [-0.15, -0.1) is 0 Å². The Hall–Kier alpha value is -0.740. The fraction of sp³-hybridized carbons (Fsp3) is 0.462. The van der Waals surface area contributed by atoms with E-state index in [1.165, 1.54) is 0 Å². The van der Waals surface area contributed by atoms with Crippen LogP contribution in [-0.2, 0) is 4.79 Å². The molecule has 1 rings (SSSR count). The smallest absolute Gasteiger partial charge is 0.258 e. The van der Waals surface area contributed by atoms with Gasteiger partial charge in [0.1, 0.15) is 5.75 Å². The lowest BCUT2D eigenvalue weighted by Crippen LogP contribution is -2.48. The number of carbonyl (C=O) groups is 1. The number of nitrogens with one attached hydrogen (secondary N) is 1. The number of hydrogen-bond acceptors (Lipinski definition) is 2. The first kappa shape index (κ1) is 15.3. The molecular weight excluding hydrogens is 318 g/mol. The number of amides is 1. The summed E-state index contributed by atoms with van der Waals surface area (Å²) in [6.45, 7) is 4.00. The lowest BCUT2D eigenvalue weighted by atomic mass is 10.0. The Morgan fingerprint density at radius 3 is 2.83 bits per heavy atom. The summed E-state index contributed by atoms with van der Waals surface area (Å²) in [5.74, 6) is 0.452. The highest BCUT2D eigenvalue weighted by Gasteiger charge is 2.22. The molecule has 0 spiro atoms. The summed E-state index contributed by atoms with van der Waals surface area (Å²) >= 11 is 9.22. The van der Waals surface area contributed by atoms with Crippen LogP contribution in [-0.4, -0.2) is 23.4 Å². The normalized spacial score (nSPS) is 13.8. The lowest BCUT2D eigenvalue weighted by Gasteiger charge is -2.27. The van der Waals surface area contributed by atoms with Crippen LogP contribution in [0.25, 0.3) is 0 Å². The van der Waals surface area contributed by atoms with E-state index in [9.17, 15) is 4.79 Å². The van der Waals surface area contributed by atoms with Gasteiger partial charge in [-0.25, -0.2) is 0 Å². The van der Waals surface area contributed by atoms with Crippen molar-refractivity contribution in [2.24, 2.45) is 0 Å². The van der Waals surface area contributed by atoms with E-state index >= 15 is 0 Å². The van der Waals surface area contributed by atoms with E-state index in [2.05, 4.69) is 21.2 Å². The molecule has 0 radical (unpaired) electrons. The molecular formula is C13H17BrClNO2. The first-order valence-corrected chi connectivity index (χ1v) is 7.24. The van der Waals surface area contributed by atoms with Gasteiger partial charge in [0.2, 0.25) is 0 Å². The molecule has 0 heterocycles. The third kappa shape index (κ3) is 4.86. The predicted octanol–water partition coefficient (Wildman–Crippen LogP) is 3.40. The fourth-order valence-electron chi connectivity index (χ4n) is 1.29. The molecule has 3 nitrogen and oxygen atoms in total. The van der Waals surface area contributed by atoms with Crippen LogP contribution in [0.5, 0.6) is 5.75 Å². The van der Waals surface area contributed by atoms with Crippen LogP contribution in [0, 0.1) is 0 Å². The Balaban J connectivity index is 2.47. The monoisotopic (exact) mass is 333 g/mol. The predicted molar refractivity (Wildman–Crippen MR) is 77.6 cm³/mol. The largest absolute Gasteiger partial charge is 0.484 e. The van der Waals surface area contributed by atoms with Gasteiger partial charge in [0, 0.05) is 15.9 Å². The van der Waals surface area contributed by atoms with Gasteiger partial charge in [-0.1, -0.05) is 40.5 Å². The van der Waals surface area contributed by atoms with Gasteiger partial charge in [-0.2, -0.15) is 0 Å². The van der Waals surface area contributed by atoms with Gasteiger partial charge in [-0.3, -0.25) is 4.79 Å². The first-order valence-electron chi connectivity index (χ1n) is 5.74. The first-order chi connectivity index (χ1) is 8.49. The number of carbonyl (C=O) groups excluding carboxylic acids is 1. The average molecular weight is 335 g/mol. The van der Waals surface area contributed by atoms with Crippen molar-refractivity contribution >= 4 is 33.4 Å². The van der Waals surface area contributed by atoms with Gasteiger partial charge in [-0.05, 0) is 31.5 Å². The minimum absolute atomic E-state index is 0.0110. The van der Waals surface area contributed by atoms with Crippen molar-refractivity contribution in [3.8, 4) is 5.75 Å². The van der Waals surface area contributed by atoms with Crippen molar-refractivity contribution in [2.75, 3.05) is 11.9 Å². The number of hydrogen-bond donors (Lipinski definition) is 1. The van der Waals surface area contributed by atoms with Gasteiger partial charge in [0.15, 0.2) is 6.61 Å². The lowest BCUT2D eigenvalue weighted by molar-refractivity contribution is -0.124. The van der Waals surface area contributed by atoms with Crippen molar-refractivity contribution in [1.29, 1.82) is 0 Å². The van der Waals surface area contributed by atoms with Crippen molar-refractivity contribution in [2.45, 2.75) is 25.8 Å². The van der Waals surface area contributed by atoms with Crippen LogP contribution in [0.4, 0.5) is 0 Å². The molecule has 0 aliphatic carbocycles. The molecule has 0 aliphatic rings. The second-order valence-corrected chi connectivity index (χ2v) is 5.34. The summed E-state index contributed by atoms with van der Waals surface area (Å²) in [6.07, 6.45) is 0.848. The molecule has 18 heavy (non-hydrogen) atoms. The van der Waals surface area contributed by atoms with E-state index in [0.717, 1.165) is 6.42 Å². The van der Waals surface area contributed by atoms with Crippen LogP contribution in [0.2, 0.25) is 5.02 Å². The van der Waals surface area contributed by atoms with Crippen LogP contribution in [0.3, 0.4) is 0 Å². The highest BCUT2D eigenvalue weighted by molar-refractivity contribution is 9.09. The molecule has 0 fully saturated rings. The summed E-state index contributed by atoms with van der Waals surface area (Å²) < 4.78 is 5.37. The van der Waals surface area contributed by atoms with Crippen molar-refractivity contribution in [1.82, 2.24) is 5.32 Å². The number of benzene rings is 1. The van der Waals surface area contributed by atoms with Crippen molar-refractivity contribution in [3.63, 3.8) is 0 Å². The molecule has 1 unspecified atom stereocenters. The van der Waals surface area contributed by atoms with Crippen LogP contribution < -0.4 is 10.1 Å². The molecule has 0 bridgehead atoms. The third-order valence-electron chi connectivity index (χ3n) is 2.68. The summed E-state index contributed by atoms with van der Waals surface area (Å²) in [5.41, 5.74) is -0.241. The fourth-order valence-corrected chi connectivity index (χ4v) is 2.01. The highest BCUT2D eigenvalue weighted by Crippen LogP contribution is 2.17. The van der Waals surface area contributed by atoms with Crippen LogP contribution in [0.1, 0.15) is 20.3 Å². The maximum atomic E-state index is 11.7. The zero-order valence-corrected chi connectivity index (χ0v) is 12.8. The number of halogens is 2. The van der Waals surface area contributed by atoms with Crippen LogP contribution in [0.15, 0.2) is 24.3 Å². The standard InChI is InChI=1S/C13H17BrClNO2/c1-3-13(2,9-14)16-12(17)8-18-11-6-4-5-10(15)7-11/h4-7H,3,8-9H2,1-2H3,(H,16,17). The number of ether oxygens (including phenoxy) is 1. The van der Waals surface area contributed by atoms with E-state index in [0.29, 0.717) is 16.1 Å². The summed E-state index contributed by atoms with van der Waals surface area (Å²) in [6, 6.07) is 6.98. The Kier molecular flexibility index (Phi) is 5.96. The highest BCUT2D eigenvalue weighted by atomic mass is 79.9. The molecule has 1 amide bonds. The van der Waals surface area contributed by atoms with E-state index in [1.54, 1.807) is 24.3 Å². The SMILES string of the molecule is CCC(C)(CBr)NC(=O)COc1cccc(Cl)c1. The van der Waals surface area contributed by atoms with Gasteiger partial charge >= 0.3 is 0 Å². The molecule has 0 saturated heterocycles. The average Bonchev–Trinajstić information content (AvgIpc) is 2.36. The Morgan fingerprint density at radius 1 is 1.56 bits per heavy atom. The van der Waals surface area contributed by atoms with E-state index in [-0.39, 0.29) is 18.1 Å². The van der Waals surface area contributed by atoms with E-state index in [4.69, 9.17) is 16.3 Å².